The molecule has 1 unspecified atom stereocenters. The number of carbonyl (C=O) groups is 3. The minimum Gasteiger partial charge on any atom is -0.480 e. The Hall–Kier alpha value is -3.67. The number of carbonyl (C=O) groups excluding carboxylic acids is 2. The van der Waals surface area contributed by atoms with Crippen molar-refractivity contribution in [3.05, 3.63) is 97.2 Å². The summed E-state index contributed by atoms with van der Waals surface area (Å²) in [5.41, 5.74) is 0. The molecular formula is C50H81NO5. The van der Waals surface area contributed by atoms with Gasteiger partial charge in [-0.2, -0.15) is 0 Å². The van der Waals surface area contributed by atoms with E-state index in [0.717, 1.165) is 135 Å². The SMILES string of the molecule is CC/C=C\C/C=C\C/C=C\C/C=C\CCCCCCCCC(=O)OC(CCCC/C=C\C/C=C\C/C=C\C/C=C\CC)CCCCCCCC(=O)NCC(=O)O. The van der Waals surface area contributed by atoms with E-state index < -0.39 is 5.97 Å². The number of nitrogens with one attached hydrogen (secondary N) is 1. The summed E-state index contributed by atoms with van der Waals surface area (Å²) in [6.07, 6.45) is 62.4. The van der Waals surface area contributed by atoms with Gasteiger partial charge in [0.1, 0.15) is 12.6 Å². The minimum absolute atomic E-state index is 0.0277. The average molecular weight is 776 g/mol. The lowest BCUT2D eigenvalue weighted by molar-refractivity contribution is -0.150. The fourth-order valence-corrected chi connectivity index (χ4v) is 6.03. The molecule has 0 aliphatic heterocycles. The van der Waals surface area contributed by atoms with Crippen LogP contribution in [0.2, 0.25) is 0 Å². The van der Waals surface area contributed by atoms with Gasteiger partial charge < -0.3 is 15.2 Å². The predicted octanol–water partition coefficient (Wildman–Crippen LogP) is 14.1. The fraction of sp³-hybridized carbons (Fsp3) is 0.620. The van der Waals surface area contributed by atoms with Gasteiger partial charge in [0.15, 0.2) is 0 Å². The average Bonchev–Trinajstić information content (AvgIpc) is 3.18. The first-order valence-electron chi connectivity index (χ1n) is 22.4. The second-order valence-corrected chi connectivity index (χ2v) is 14.5. The van der Waals surface area contributed by atoms with E-state index >= 15 is 0 Å². The smallest absolute Gasteiger partial charge is 0.322 e. The van der Waals surface area contributed by atoms with Crippen LogP contribution in [0, 0.1) is 0 Å². The van der Waals surface area contributed by atoms with E-state index in [1.807, 2.05) is 0 Å². The Labute approximate surface area is 343 Å². The van der Waals surface area contributed by atoms with E-state index in [1.165, 1.54) is 25.7 Å². The highest BCUT2D eigenvalue weighted by Crippen LogP contribution is 2.18. The molecule has 0 aromatic heterocycles. The summed E-state index contributed by atoms with van der Waals surface area (Å²) in [7, 11) is 0. The van der Waals surface area contributed by atoms with Gasteiger partial charge in [0.05, 0.1) is 0 Å². The first-order valence-corrected chi connectivity index (χ1v) is 22.4. The minimum atomic E-state index is -1.02. The topological polar surface area (TPSA) is 92.7 Å². The number of unbranched alkanes of at least 4 members (excludes halogenated alkanes) is 12. The molecule has 316 valence electrons. The molecule has 0 heterocycles. The van der Waals surface area contributed by atoms with Crippen LogP contribution >= 0.6 is 0 Å². The first-order chi connectivity index (χ1) is 27.5. The molecule has 0 rings (SSSR count). The van der Waals surface area contributed by atoms with Crippen LogP contribution in [0.1, 0.15) is 187 Å². The maximum atomic E-state index is 12.8. The molecule has 56 heavy (non-hydrogen) atoms. The van der Waals surface area contributed by atoms with Crippen LogP contribution in [-0.2, 0) is 19.1 Å². The standard InChI is InChI=1S/C50H81NO5/c1-3-5-7-9-11-13-15-17-19-20-21-22-24-26-28-30-32-37-41-45-50(55)56-47(43-39-35-33-36-40-44-48(52)51-46-49(53)54)42-38-34-31-29-27-25-23-18-16-14-12-10-8-6-4-2/h5-8,11-14,17-19,21-23,27,29,47H,3-4,9-10,15-16,20,24-26,28,30-46H2,1-2H3,(H,51,52)(H,53,54)/b7-5-,8-6-,13-11-,14-12-,19-17-,22-21-,23-18-,29-27-. The lowest BCUT2D eigenvalue weighted by Gasteiger charge is -2.18. The highest BCUT2D eigenvalue weighted by atomic mass is 16.5. The van der Waals surface area contributed by atoms with Gasteiger partial charge in [0, 0.05) is 12.8 Å². The maximum absolute atomic E-state index is 12.8. The molecule has 0 fully saturated rings. The number of carboxylic acids is 1. The number of carboxylic acid groups (broad SMARTS) is 1. The van der Waals surface area contributed by atoms with E-state index in [-0.39, 0.29) is 24.5 Å². The zero-order valence-corrected chi connectivity index (χ0v) is 35.7. The number of hydrogen-bond donors (Lipinski definition) is 2. The summed E-state index contributed by atoms with van der Waals surface area (Å²) in [4.78, 5) is 35.1. The normalized spacial score (nSPS) is 13.0. The fourth-order valence-electron chi connectivity index (χ4n) is 6.03. The zero-order chi connectivity index (χ0) is 40.8. The second kappa shape index (κ2) is 44.0. The van der Waals surface area contributed by atoms with Crippen molar-refractivity contribution in [2.45, 2.75) is 193 Å². The van der Waals surface area contributed by atoms with Crippen LogP contribution in [-0.4, -0.2) is 35.6 Å². The molecule has 0 radical (unpaired) electrons. The number of rotatable bonds is 39. The summed E-state index contributed by atoms with van der Waals surface area (Å²) >= 11 is 0. The van der Waals surface area contributed by atoms with E-state index in [9.17, 15) is 14.4 Å². The number of aliphatic carboxylic acids is 1. The third-order valence-electron chi connectivity index (χ3n) is 9.25. The molecule has 0 aliphatic carbocycles. The van der Waals surface area contributed by atoms with E-state index in [4.69, 9.17) is 9.84 Å². The Bertz CT molecular complexity index is 1170. The van der Waals surface area contributed by atoms with Crippen molar-refractivity contribution >= 4 is 17.8 Å². The van der Waals surface area contributed by atoms with Crippen LogP contribution in [0.4, 0.5) is 0 Å². The van der Waals surface area contributed by atoms with Gasteiger partial charge in [-0.3, -0.25) is 14.4 Å². The van der Waals surface area contributed by atoms with Gasteiger partial charge in [-0.1, -0.05) is 156 Å². The zero-order valence-electron chi connectivity index (χ0n) is 35.7. The lowest BCUT2D eigenvalue weighted by atomic mass is 10.0. The quantitative estimate of drug-likeness (QED) is 0.0368. The molecule has 6 nitrogen and oxygen atoms in total. The third-order valence-corrected chi connectivity index (χ3v) is 9.25. The monoisotopic (exact) mass is 776 g/mol. The molecule has 1 atom stereocenters. The van der Waals surface area contributed by atoms with Crippen LogP contribution in [0.3, 0.4) is 0 Å². The molecular weight excluding hydrogens is 695 g/mol. The molecule has 0 saturated heterocycles. The van der Waals surface area contributed by atoms with E-state index in [0.29, 0.717) is 12.8 Å². The number of amides is 1. The molecule has 6 heteroatoms. The molecule has 0 saturated carbocycles. The Kier molecular flexibility index (Phi) is 41.2. The van der Waals surface area contributed by atoms with Crippen molar-refractivity contribution in [3.8, 4) is 0 Å². The van der Waals surface area contributed by atoms with Crippen molar-refractivity contribution in [2.75, 3.05) is 6.54 Å². The molecule has 0 spiro atoms. The summed E-state index contributed by atoms with van der Waals surface area (Å²) in [6.45, 7) is 3.99. The Morgan fingerprint density at radius 2 is 0.821 bits per heavy atom. The lowest BCUT2D eigenvalue weighted by Crippen LogP contribution is -2.28. The Morgan fingerprint density at radius 1 is 0.464 bits per heavy atom. The van der Waals surface area contributed by atoms with Crippen LogP contribution < -0.4 is 5.32 Å². The van der Waals surface area contributed by atoms with Gasteiger partial charge in [0.2, 0.25) is 5.91 Å². The number of ether oxygens (including phenoxy) is 1. The van der Waals surface area contributed by atoms with Gasteiger partial charge >= 0.3 is 11.9 Å². The number of esters is 1. The highest BCUT2D eigenvalue weighted by Gasteiger charge is 2.14. The maximum Gasteiger partial charge on any atom is 0.322 e. The van der Waals surface area contributed by atoms with E-state index in [1.54, 1.807) is 0 Å². The van der Waals surface area contributed by atoms with E-state index in [2.05, 4.69) is 116 Å². The van der Waals surface area contributed by atoms with Crippen molar-refractivity contribution in [2.24, 2.45) is 0 Å². The molecule has 0 bridgehead atoms. The van der Waals surface area contributed by atoms with Gasteiger partial charge in [-0.15, -0.1) is 0 Å². The predicted molar refractivity (Wildman–Crippen MR) is 240 cm³/mol. The van der Waals surface area contributed by atoms with Crippen LogP contribution in [0.25, 0.3) is 0 Å². The summed E-state index contributed by atoms with van der Waals surface area (Å²) in [5, 5.41) is 11.1. The summed E-state index contributed by atoms with van der Waals surface area (Å²) in [5.74, 6) is -1.29. The van der Waals surface area contributed by atoms with Crippen LogP contribution in [0.5, 0.6) is 0 Å². The third kappa shape index (κ3) is 43.1. The number of allylic oxidation sites excluding steroid dienone is 16. The van der Waals surface area contributed by atoms with Crippen molar-refractivity contribution in [3.63, 3.8) is 0 Å². The molecule has 1 amide bonds. The van der Waals surface area contributed by atoms with Gasteiger partial charge in [-0.25, -0.2) is 0 Å². The Balaban J connectivity index is 4.30. The number of hydrogen-bond acceptors (Lipinski definition) is 4. The first kappa shape index (κ1) is 52.3. The van der Waals surface area contributed by atoms with Crippen LogP contribution in [0.15, 0.2) is 97.2 Å². The molecule has 2 N–H and O–H groups in total. The highest BCUT2D eigenvalue weighted by molar-refractivity contribution is 5.80. The Morgan fingerprint density at radius 3 is 1.29 bits per heavy atom. The van der Waals surface area contributed by atoms with Crippen molar-refractivity contribution < 1.29 is 24.2 Å². The van der Waals surface area contributed by atoms with Crippen molar-refractivity contribution in [1.82, 2.24) is 5.32 Å². The van der Waals surface area contributed by atoms with Crippen molar-refractivity contribution in [1.29, 1.82) is 0 Å². The second-order valence-electron chi connectivity index (χ2n) is 14.5. The summed E-state index contributed by atoms with van der Waals surface area (Å²) < 4.78 is 6.02. The van der Waals surface area contributed by atoms with Gasteiger partial charge in [-0.05, 0) is 116 Å². The summed E-state index contributed by atoms with van der Waals surface area (Å²) in [6, 6.07) is 0. The molecule has 0 aromatic carbocycles. The molecule has 0 aliphatic rings. The molecule has 0 aromatic rings. The van der Waals surface area contributed by atoms with Gasteiger partial charge in [0.25, 0.3) is 0 Å². The largest absolute Gasteiger partial charge is 0.480 e.